The minimum atomic E-state index is 0.0613. The Morgan fingerprint density at radius 1 is 1.06 bits per heavy atom. The minimum Gasteiger partial charge on any atom is -0.379 e. The van der Waals surface area contributed by atoms with Crippen LogP contribution in [0.15, 0.2) is 30.5 Å². The van der Waals surface area contributed by atoms with Gasteiger partial charge < -0.3 is 29.5 Å². The summed E-state index contributed by atoms with van der Waals surface area (Å²) in [5.74, 6) is 1.87. The minimum absolute atomic E-state index is 0.0613. The van der Waals surface area contributed by atoms with Gasteiger partial charge in [-0.3, -0.25) is 4.79 Å². The number of fused-ring (bicyclic) bond motifs is 1. The highest BCUT2D eigenvalue weighted by molar-refractivity contribution is 5.77. The average Bonchev–Trinajstić information content (AvgIpc) is 3.31. The van der Waals surface area contributed by atoms with Crippen LogP contribution in [0, 0.1) is 0 Å². The second-order valence-corrected chi connectivity index (χ2v) is 8.42. The summed E-state index contributed by atoms with van der Waals surface area (Å²) < 4.78 is 9.95. The molecule has 1 amide bonds. The van der Waals surface area contributed by atoms with Crippen molar-refractivity contribution in [2.75, 3.05) is 89.6 Å². The molecule has 3 aliphatic rings. The maximum absolute atomic E-state index is 11.9. The molecule has 1 aromatic carbocycles. The Hall–Kier alpha value is -2.75. The van der Waals surface area contributed by atoms with Gasteiger partial charge >= 0.3 is 0 Å². The van der Waals surface area contributed by atoms with E-state index in [-0.39, 0.29) is 12.5 Å². The van der Waals surface area contributed by atoms with Crippen LogP contribution in [-0.4, -0.2) is 101 Å². The standard InChI is InChI=1S/C20H25N5O2.C4H9NO.C2H6/c1-23-8-7-16-13-21-19(22-20(16)23)15-3-5-17(6-4-15)24-9-11-25(12-10-24)18(26)14-27-2;1-3-6-4-2-5-1;1-2/h3-6,13H,7-12,14H2,1-2H3;5H,1-4H2;1-2H3. The molecule has 0 atom stereocenters. The number of likely N-dealkylation sites (N-methyl/N-ethyl adjacent to an activating group) is 1. The maximum Gasteiger partial charge on any atom is 0.248 e. The zero-order chi connectivity index (χ0) is 25.0. The van der Waals surface area contributed by atoms with Gasteiger partial charge in [0.25, 0.3) is 0 Å². The molecule has 1 N–H and O–H groups in total. The topological polar surface area (TPSA) is 83.1 Å². The van der Waals surface area contributed by atoms with Crippen molar-refractivity contribution in [3.8, 4) is 11.4 Å². The highest BCUT2D eigenvalue weighted by Crippen LogP contribution is 2.27. The van der Waals surface area contributed by atoms with Crippen LogP contribution in [0.2, 0.25) is 0 Å². The number of hydrogen-bond donors (Lipinski definition) is 1. The van der Waals surface area contributed by atoms with E-state index in [1.54, 1.807) is 7.11 Å². The van der Waals surface area contributed by atoms with E-state index in [4.69, 9.17) is 14.5 Å². The fourth-order valence-corrected chi connectivity index (χ4v) is 4.20. The largest absolute Gasteiger partial charge is 0.379 e. The first kappa shape index (κ1) is 26.8. The normalized spacial score (nSPS) is 17.1. The van der Waals surface area contributed by atoms with Gasteiger partial charge in [-0.05, 0) is 30.7 Å². The number of ether oxygens (including phenoxy) is 2. The summed E-state index contributed by atoms with van der Waals surface area (Å²) in [6.07, 6.45) is 2.97. The number of nitrogens with one attached hydrogen (secondary N) is 1. The molecule has 3 aliphatic heterocycles. The van der Waals surface area contributed by atoms with Gasteiger partial charge in [0.05, 0.1) is 13.2 Å². The highest BCUT2D eigenvalue weighted by Gasteiger charge is 2.22. The van der Waals surface area contributed by atoms with Crippen LogP contribution >= 0.6 is 0 Å². The Labute approximate surface area is 209 Å². The van der Waals surface area contributed by atoms with Crippen LogP contribution in [0.4, 0.5) is 11.5 Å². The molecule has 0 radical (unpaired) electrons. The summed E-state index contributed by atoms with van der Waals surface area (Å²) in [5, 5.41) is 3.16. The molecule has 0 aliphatic carbocycles. The van der Waals surface area contributed by atoms with E-state index in [0.717, 1.165) is 88.3 Å². The van der Waals surface area contributed by atoms with Gasteiger partial charge in [-0.15, -0.1) is 0 Å². The van der Waals surface area contributed by atoms with Crippen molar-refractivity contribution in [1.29, 1.82) is 0 Å². The number of methoxy groups -OCH3 is 1. The Bertz CT molecular complexity index is 900. The SMILES string of the molecule is C1COCCN1.CC.COCC(=O)N1CCN(c2ccc(-c3ncc4c(n3)N(C)CC4)cc2)CC1. The number of amides is 1. The molecule has 192 valence electrons. The van der Waals surface area contributed by atoms with Gasteiger partial charge in [0.15, 0.2) is 5.82 Å². The third-order valence-corrected chi connectivity index (χ3v) is 6.16. The van der Waals surface area contributed by atoms with Crippen molar-refractivity contribution in [3.63, 3.8) is 0 Å². The van der Waals surface area contributed by atoms with Crippen LogP contribution in [0.5, 0.6) is 0 Å². The third kappa shape index (κ3) is 7.37. The Morgan fingerprint density at radius 3 is 2.31 bits per heavy atom. The zero-order valence-electron chi connectivity index (χ0n) is 21.6. The number of benzene rings is 1. The molecule has 35 heavy (non-hydrogen) atoms. The molecule has 4 heterocycles. The smallest absolute Gasteiger partial charge is 0.248 e. The summed E-state index contributed by atoms with van der Waals surface area (Å²) in [7, 11) is 3.63. The van der Waals surface area contributed by atoms with Crippen LogP contribution < -0.4 is 15.1 Å². The molecule has 9 nitrogen and oxygen atoms in total. The summed E-state index contributed by atoms with van der Waals surface area (Å²) in [6.45, 7) is 12.1. The van der Waals surface area contributed by atoms with Crippen LogP contribution in [-0.2, 0) is 20.7 Å². The molecule has 2 aromatic rings. The molecule has 0 bridgehead atoms. The van der Waals surface area contributed by atoms with Crippen molar-refractivity contribution < 1.29 is 14.3 Å². The number of nitrogens with zero attached hydrogens (tertiary/aromatic N) is 5. The van der Waals surface area contributed by atoms with Crippen LogP contribution in [0.25, 0.3) is 11.4 Å². The lowest BCUT2D eigenvalue weighted by Crippen LogP contribution is -2.49. The van der Waals surface area contributed by atoms with Gasteiger partial charge in [0.2, 0.25) is 5.91 Å². The van der Waals surface area contributed by atoms with E-state index in [1.165, 1.54) is 5.56 Å². The predicted octanol–water partition coefficient (Wildman–Crippen LogP) is 2.06. The number of aromatic nitrogens is 2. The molecular formula is C26H40N6O3. The number of carbonyl (C=O) groups excluding carboxylic acids is 1. The predicted molar refractivity (Wildman–Crippen MR) is 140 cm³/mol. The number of anilines is 2. The van der Waals surface area contributed by atoms with Crippen molar-refractivity contribution in [1.82, 2.24) is 20.2 Å². The second kappa shape index (κ2) is 14.0. The molecule has 0 spiro atoms. The molecule has 2 saturated heterocycles. The van der Waals surface area contributed by atoms with Gasteiger partial charge in [-0.1, -0.05) is 13.8 Å². The maximum atomic E-state index is 11.9. The molecule has 0 unspecified atom stereocenters. The molecule has 2 fully saturated rings. The lowest BCUT2D eigenvalue weighted by atomic mass is 10.1. The van der Waals surface area contributed by atoms with E-state index in [0.29, 0.717) is 0 Å². The molecule has 0 saturated carbocycles. The quantitative estimate of drug-likeness (QED) is 0.706. The fraction of sp³-hybridized carbons (Fsp3) is 0.577. The van der Waals surface area contributed by atoms with E-state index in [1.807, 2.05) is 24.9 Å². The van der Waals surface area contributed by atoms with Crippen molar-refractivity contribution >= 4 is 17.4 Å². The van der Waals surface area contributed by atoms with E-state index in [9.17, 15) is 4.79 Å². The van der Waals surface area contributed by atoms with E-state index < -0.39 is 0 Å². The summed E-state index contributed by atoms with van der Waals surface area (Å²) in [4.78, 5) is 27.5. The first-order valence-electron chi connectivity index (χ1n) is 12.6. The van der Waals surface area contributed by atoms with E-state index in [2.05, 4.69) is 51.4 Å². The molecule has 9 heteroatoms. The molecule has 1 aromatic heterocycles. The van der Waals surface area contributed by atoms with Gasteiger partial charge in [0, 0.05) is 83.0 Å². The van der Waals surface area contributed by atoms with Gasteiger partial charge in [0.1, 0.15) is 12.4 Å². The lowest BCUT2D eigenvalue weighted by Gasteiger charge is -2.36. The lowest BCUT2D eigenvalue weighted by molar-refractivity contribution is -0.135. The van der Waals surface area contributed by atoms with Gasteiger partial charge in [-0.25, -0.2) is 9.97 Å². The Morgan fingerprint density at radius 2 is 1.74 bits per heavy atom. The molecular weight excluding hydrogens is 444 g/mol. The highest BCUT2D eigenvalue weighted by atomic mass is 16.5. The number of rotatable bonds is 4. The number of carbonyl (C=O) groups is 1. The first-order chi connectivity index (χ1) is 17.2. The monoisotopic (exact) mass is 484 g/mol. The van der Waals surface area contributed by atoms with Crippen LogP contribution in [0.1, 0.15) is 19.4 Å². The van der Waals surface area contributed by atoms with E-state index >= 15 is 0 Å². The second-order valence-electron chi connectivity index (χ2n) is 8.42. The first-order valence-corrected chi connectivity index (χ1v) is 12.6. The Kier molecular flexibility index (Phi) is 10.7. The third-order valence-electron chi connectivity index (χ3n) is 6.16. The molecule has 5 rings (SSSR count). The van der Waals surface area contributed by atoms with Crippen molar-refractivity contribution in [2.45, 2.75) is 20.3 Å². The Balaban J connectivity index is 0.000000369. The number of hydrogen-bond acceptors (Lipinski definition) is 8. The number of piperazine rings is 1. The summed E-state index contributed by atoms with van der Waals surface area (Å²) in [5.41, 5.74) is 3.41. The number of morpholine rings is 1. The summed E-state index contributed by atoms with van der Waals surface area (Å²) in [6, 6.07) is 8.38. The van der Waals surface area contributed by atoms with Crippen LogP contribution in [0.3, 0.4) is 0 Å². The van der Waals surface area contributed by atoms with Crippen molar-refractivity contribution in [2.24, 2.45) is 0 Å². The average molecular weight is 485 g/mol. The summed E-state index contributed by atoms with van der Waals surface area (Å²) >= 11 is 0. The van der Waals surface area contributed by atoms with Gasteiger partial charge in [-0.2, -0.15) is 0 Å². The zero-order valence-corrected chi connectivity index (χ0v) is 21.6. The van der Waals surface area contributed by atoms with Crippen molar-refractivity contribution in [3.05, 3.63) is 36.0 Å². The fourth-order valence-electron chi connectivity index (χ4n) is 4.20.